The first kappa shape index (κ1) is 15.9. The summed E-state index contributed by atoms with van der Waals surface area (Å²) in [6.07, 6.45) is 0. The third-order valence-electron chi connectivity index (χ3n) is 2.64. The summed E-state index contributed by atoms with van der Waals surface area (Å²) in [5, 5.41) is 10.3. The van der Waals surface area contributed by atoms with Crippen molar-refractivity contribution in [2.45, 2.75) is 4.90 Å². The van der Waals surface area contributed by atoms with Gasteiger partial charge in [-0.25, -0.2) is 17.6 Å². The molecule has 0 saturated carbocycles. The molecule has 0 radical (unpaired) electrons. The highest BCUT2D eigenvalue weighted by Crippen LogP contribution is 2.31. The fourth-order valence-electron chi connectivity index (χ4n) is 1.64. The van der Waals surface area contributed by atoms with Gasteiger partial charge in [-0.3, -0.25) is 4.72 Å². The van der Waals surface area contributed by atoms with Gasteiger partial charge < -0.3 is 4.74 Å². The summed E-state index contributed by atoms with van der Waals surface area (Å²) >= 11 is 0.856. The van der Waals surface area contributed by atoms with Crippen LogP contribution in [0.3, 0.4) is 0 Å². The number of thiophene rings is 1. The Morgan fingerprint density at radius 3 is 2.68 bits per heavy atom. The summed E-state index contributed by atoms with van der Waals surface area (Å²) in [5.74, 6) is -1.74. The number of halogens is 1. The van der Waals surface area contributed by atoms with Gasteiger partial charge in [0.25, 0.3) is 10.0 Å². The molecule has 0 unspecified atom stereocenters. The van der Waals surface area contributed by atoms with E-state index in [1.54, 1.807) is 6.07 Å². The van der Waals surface area contributed by atoms with Crippen LogP contribution in [0.5, 0.6) is 0 Å². The molecule has 0 fully saturated rings. The predicted molar refractivity (Wildman–Crippen MR) is 77.6 cm³/mol. The van der Waals surface area contributed by atoms with E-state index in [4.69, 9.17) is 5.26 Å². The number of sulfonamides is 1. The lowest BCUT2D eigenvalue weighted by atomic mass is 10.3. The zero-order chi connectivity index (χ0) is 16.3. The molecule has 22 heavy (non-hydrogen) atoms. The maximum absolute atomic E-state index is 13.6. The molecule has 9 heteroatoms. The molecule has 2 aromatic rings. The van der Waals surface area contributed by atoms with Gasteiger partial charge in [0.2, 0.25) is 0 Å². The van der Waals surface area contributed by atoms with Crippen molar-refractivity contribution in [1.82, 2.24) is 0 Å². The number of carbonyl (C=O) groups is 1. The topological polar surface area (TPSA) is 96.3 Å². The summed E-state index contributed by atoms with van der Waals surface area (Å²) in [5.41, 5.74) is -0.270. The summed E-state index contributed by atoms with van der Waals surface area (Å²) in [4.78, 5) is 11.0. The average Bonchev–Trinajstić information content (AvgIpc) is 2.88. The molecule has 1 aromatic carbocycles. The normalized spacial score (nSPS) is 10.8. The Morgan fingerprint density at radius 1 is 1.41 bits per heavy atom. The van der Waals surface area contributed by atoms with E-state index in [1.165, 1.54) is 17.5 Å². The van der Waals surface area contributed by atoms with Gasteiger partial charge in [-0.2, -0.15) is 5.26 Å². The Hall–Kier alpha value is -2.44. The first-order valence-corrected chi connectivity index (χ1v) is 8.14. The van der Waals surface area contributed by atoms with Gasteiger partial charge in [0.15, 0.2) is 0 Å². The molecular weight excluding hydrogens is 331 g/mol. The SMILES string of the molecule is COC(=O)c1scc(C#N)c1NS(=O)(=O)c1ccccc1F. The number of nitrogens with one attached hydrogen (secondary N) is 1. The van der Waals surface area contributed by atoms with E-state index in [1.807, 2.05) is 0 Å². The number of nitrogens with zero attached hydrogens (tertiary/aromatic N) is 1. The number of hydrogen-bond acceptors (Lipinski definition) is 6. The van der Waals surface area contributed by atoms with Crippen LogP contribution in [0, 0.1) is 17.1 Å². The van der Waals surface area contributed by atoms with Crippen LogP contribution in [0.15, 0.2) is 34.5 Å². The molecule has 0 saturated heterocycles. The van der Waals surface area contributed by atoms with E-state index in [-0.39, 0.29) is 16.1 Å². The van der Waals surface area contributed by atoms with Crippen LogP contribution in [-0.4, -0.2) is 21.5 Å². The number of hydrogen-bond donors (Lipinski definition) is 1. The zero-order valence-corrected chi connectivity index (χ0v) is 12.8. The summed E-state index contributed by atoms with van der Waals surface area (Å²) in [6, 6.07) is 6.54. The van der Waals surface area contributed by atoms with Gasteiger partial charge in [-0.05, 0) is 12.1 Å². The molecule has 1 heterocycles. The predicted octanol–water partition coefficient (Wildman–Crippen LogP) is 2.35. The van der Waals surface area contributed by atoms with Gasteiger partial charge in [0.05, 0.1) is 18.4 Å². The quantitative estimate of drug-likeness (QED) is 0.862. The van der Waals surface area contributed by atoms with Crippen molar-refractivity contribution >= 4 is 33.0 Å². The van der Waals surface area contributed by atoms with E-state index in [0.717, 1.165) is 30.6 Å². The van der Waals surface area contributed by atoms with Gasteiger partial charge in [-0.1, -0.05) is 12.1 Å². The summed E-state index contributed by atoms with van der Waals surface area (Å²) in [7, 11) is -3.16. The number of carbonyl (C=O) groups excluding carboxylic acids is 1. The van der Waals surface area contributed by atoms with Crippen LogP contribution in [-0.2, 0) is 14.8 Å². The fraction of sp³-hybridized carbons (Fsp3) is 0.0769. The summed E-state index contributed by atoms with van der Waals surface area (Å²) in [6.45, 7) is 0. The standard InChI is InChI=1S/C13H9FN2O4S2/c1-20-13(17)12-11(8(6-15)7-21-12)16-22(18,19)10-5-3-2-4-9(10)14/h2-5,7,16H,1H3. The second-order valence-electron chi connectivity index (χ2n) is 3.99. The smallest absolute Gasteiger partial charge is 0.350 e. The maximum Gasteiger partial charge on any atom is 0.350 e. The molecule has 0 aliphatic heterocycles. The number of benzene rings is 1. The molecule has 1 aromatic heterocycles. The number of nitriles is 1. The van der Waals surface area contributed by atoms with Crippen LogP contribution in [0.1, 0.15) is 15.2 Å². The monoisotopic (exact) mass is 340 g/mol. The third kappa shape index (κ3) is 2.93. The second-order valence-corrected chi connectivity index (χ2v) is 6.52. The van der Waals surface area contributed by atoms with Crippen molar-refractivity contribution in [3.8, 4) is 6.07 Å². The second kappa shape index (κ2) is 6.13. The van der Waals surface area contributed by atoms with Gasteiger partial charge in [-0.15, -0.1) is 11.3 Å². The molecule has 2 rings (SSSR count). The van der Waals surface area contributed by atoms with Gasteiger partial charge in [0.1, 0.15) is 21.7 Å². The van der Waals surface area contributed by atoms with Crippen molar-refractivity contribution in [2.24, 2.45) is 0 Å². The molecule has 114 valence electrons. The van der Waals surface area contributed by atoms with E-state index < -0.39 is 26.7 Å². The lowest BCUT2D eigenvalue weighted by molar-refractivity contribution is 0.0607. The van der Waals surface area contributed by atoms with E-state index in [2.05, 4.69) is 9.46 Å². The Balaban J connectivity index is 2.51. The van der Waals surface area contributed by atoms with Crippen LogP contribution < -0.4 is 4.72 Å². The molecule has 6 nitrogen and oxygen atoms in total. The van der Waals surface area contributed by atoms with E-state index in [0.29, 0.717) is 0 Å². The number of rotatable bonds is 4. The Morgan fingerprint density at radius 2 is 2.09 bits per heavy atom. The first-order valence-electron chi connectivity index (χ1n) is 5.78. The molecule has 0 aliphatic rings. The minimum atomic E-state index is -4.29. The lowest BCUT2D eigenvalue weighted by Gasteiger charge is -2.09. The number of ether oxygens (including phenoxy) is 1. The highest BCUT2D eigenvalue weighted by molar-refractivity contribution is 7.92. The Labute approximate surface area is 129 Å². The third-order valence-corrected chi connectivity index (χ3v) is 4.99. The number of esters is 1. The van der Waals surface area contributed by atoms with Crippen molar-refractivity contribution in [2.75, 3.05) is 11.8 Å². The van der Waals surface area contributed by atoms with Crippen LogP contribution in [0.4, 0.5) is 10.1 Å². The molecule has 1 N–H and O–H groups in total. The van der Waals surface area contributed by atoms with Crippen molar-refractivity contribution in [3.05, 3.63) is 45.9 Å². The molecule has 0 amide bonds. The molecule has 0 aliphatic carbocycles. The number of anilines is 1. The highest BCUT2D eigenvalue weighted by atomic mass is 32.2. The van der Waals surface area contributed by atoms with Crippen LogP contribution in [0.2, 0.25) is 0 Å². The average molecular weight is 340 g/mol. The number of methoxy groups -OCH3 is 1. The van der Waals surface area contributed by atoms with Crippen molar-refractivity contribution in [1.29, 1.82) is 5.26 Å². The van der Waals surface area contributed by atoms with Gasteiger partial charge in [0, 0.05) is 5.38 Å². The van der Waals surface area contributed by atoms with Crippen molar-refractivity contribution < 1.29 is 22.3 Å². The Bertz CT molecular complexity index is 868. The summed E-state index contributed by atoms with van der Waals surface area (Å²) < 4.78 is 44.7. The van der Waals surface area contributed by atoms with E-state index >= 15 is 0 Å². The molecule has 0 atom stereocenters. The first-order chi connectivity index (χ1) is 10.4. The minimum Gasteiger partial charge on any atom is -0.465 e. The largest absolute Gasteiger partial charge is 0.465 e. The van der Waals surface area contributed by atoms with Crippen molar-refractivity contribution in [3.63, 3.8) is 0 Å². The molecule has 0 bridgehead atoms. The van der Waals surface area contributed by atoms with Gasteiger partial charge >= 0.3 is 5.97 Å². The zero-order valence-electron chi connectivity index (χ0n) is 11.2. The molecular formula is C13H9FN2O4S2. The molecule has 0 spiro atoms. The highest BCUT2D eigenvalue weighted by Gasteiger charge is 2.25. The van der Waals surface area contributed by atoms with E-state index in [9.17, 15) is 17.6 Å². The minimum absolute atomic E-state index is 0.0506. The fourth-order valence-corrected chi connectivity index (χ4v) is 3.74. The maximum atomic E-state index is 13.6. The van der Waals surface area contributed by atoms with Crippen LogP contribution >= 0.6 is 11.3 Å². The van der Waals surface area contributed by atoms with Crippen LogP contribution in [0.25, 0.3) is 0 Å². The lowest BCUT2D eigenvalue weighted by Crippen LogP contribution is -2.16. The Kier molecular flexibility index (Phi) is 4.44.